The molecule has 22 heavy (non-hydrogen) atoms. The molecule has 1 aromatic carbocycles. The van der Waals surface area contributed by atoms with Crippen molar-refractivity contribution in [3.05, 3.63) is 46.8 Å². The molecule has 4 nitrogen and oxygen atoms in total. The maximum atomic E-state index is 6.28. The second-order valence-corrected chi connectivity index (χ2v) is 6.62. The Balaban J connectivity index is 1.34. The summed E-state index contributed by atoms with van der Waals surface area (Å²) >= 11 is 6.28. The summed E-state index contributed by atoms with van der Waals surface area (Å²) < 4.78 is 5.43. The molecule has 0 bridgehead atoms. The molecule has 2 aliphatic rings. The van der Waals surface area contributed by atoms with Crippen molar-refractivity contribution in [2.75, 3.05) is 31.1 Å². The van der Waals surface area contributed by atoms with Gasteiger partial charge in [0.2, 0.25) is 0 Å². The van der Waals surface area contributed by atoms with Crippen LogP contribution in [-0.2, 0) is 6.54 Å². The molecule has 0 unspecified atom stereocenters. The third kappa shape index (κ3) is 2.99. The largest absolute Gasteiger partial charge is 0.368 e. The zero-order chi connectivity index (χ0) is 14.9. The molecular weight excluding hydrogens is 298 g/mol. The van der Waals surface area contributed by atoms with Crippen LogP contribution in [0.1, 0.15) is 30.2 Å². The van der Waals surface area contributed by atoms with Gasteiger partial charge in [-0.05, 0) is 25.0 Å². The van der Waals surface area contributed by atoms with Crippen molar-refractivity contribution in [2.45, 2.75) is 25.3 Å². The van der Waals surface area contributed by atoms with Gasteiger partial charge in [-0.25, -0.2) is 0 Å². The Morgan fingerprint density at radius 2 is 1.91 bits per heavy atom. The Hall–Kier alpha value is -1.52. The highest BCUT2D eigenvalue weighted by atomic mass is 35.5. The Bertz CT molecular complexity index is 645. The van der Waals surface area contributed by atoms with Crippen molar-refractivity contribution in [2.24, 2.45) is 0 Å². The first-order chi connectivity index (χ1) is 10.8. The van der Waals surface area contributed by atoms with E-state index in [-0.39, 0.29) is 0 Å². The quantitative estimate of drug-likeness (QED) is 0.863. The Morgan fingerprint density at radius 3 is 2.64 bits per heavy atom. The molecule has 0 amide bonds. The van der Waals surface area contributed by atoms with E-state index in [2.05, 4.69) is 27.1 Å². The topological polar surface area (TPSA) is 32.5 Å². The zero-order valence-electron chi connectivity index (χ0n) is 12.5. The van der Waals surface area contributed by atoms with Crippen molar-refractivity contribution >= 4 is 17.3 Å². The first-order valence-corrected chi connectivity index (χ1v) is 8.35. The van der Waals surface area contributed by atoms with E-state index in [4.69, 9.17) is 16.1 Å². The highest BCUT2D eigenvalue weighted by Crippen LogP contribution is 2.40. The van der Waals surface area contributed by atoms with Crippen molar-refractivity contribution < 1.29 is 4.52 Å². The third-order valence-electron chi connectivity index (χ3n) is 4.51. The molecule has 2 fully saturated rings. The van der Waals surface area contributed by atoms with E-state index in [1.807, 2.05) is 18.2 Å². The van der Waals surface area contributed by atoms with Crippen molar-refractivity contribution in [3.8, 4) is 0 Å². The number of benzene rings is 1. The molecule has 5 heteroatoms. The van der Waals surface area contributed by atoms with Crippen LogP contribution in [0.15, 0.2) is 34.9 Å². The van der Waals surface area contributed by atoms with Gasteiger partial charge < -0.3 is 9.42 Å². The van der Waals surface area contributed by atoms with Crippen molar-refractivity contribution in [3.63, 3.8) is 0 Å². The van der Waals surface area contributed by atoms with Crippen molar-refractivity contribution in [1.29, 1.82) is 0 Å². The number of para-hydroxylation sites is 1. The van der Waals surface area contributed by atoms with Crippen LogP contribution in [-0.4, -0.2) is 36.2 Å². The second kappa shape index (κ2) is 5.94. The molecule has 4 rings (SSSR count). The number of nitrogens with zero attached hydrogens (tertiary/aromatic N) is 3. The molecule has 0 spiro atoms. The minimum atomic E-state index is 0.637. The fraction of sp³-hybridized carbons (Fsp3) is 0.471. The third-order valence-corrected chi connectivity index (χ3v) is 4.83. The van der Waals surface area contributed by atoms with E-state index in [1.165, 1.54) is 12.8 Å². The first kappa shape index (κ1) is 14.1. The van der Waals surface area contributed by atoms with Crippen molar-refractivity contribution in [1.82, 2.24) is 10.1 Å². The van der Waals surface area contributed by atoms with Crippen LogP contribution in [0.3, 0.4) is 0 Å². The highest BCUT2D eigenvalue weighted by Gasteiger charge is 2.28. The first-order valence-electron chi connectivity index (χ1n) is 7.97. The Morgan fingerprint density at radius 1 is 1.14 bits per heavy atom. The summed E-state index contributed by atoms with van der Waals surface area (Å²) in [6.07, 6.45) is 2.51. The predicted molar refractivity (Wildman–Crippen MR) is 87.4 cm³/mol. The fourth-order valence-electron chi connectivity index (χ4n) is 3.05. The van der Waals surface area contributed by atoms with Gasteiger partial charge in [0.05, 0.1) is 16.4 Å². The lowest BCUT2D eigenvalue weighted by molar-refractivity contribution is 0.241. The average Bonchev–Trinajstić information content (AvgIpc) is 3.29. The Kier molecular flexibility index (Phi) is 3.80. The van der Waals surface area contributed by atoms with E-state index in [1.54, 1.807) is 0 Å². The molecular formula is C17H20ClN3O. The van der Waals surface area contributed by atoms with Gasteiger partial charge in [-0.15, -0.1) is 0 Å². The molecule has 1 aliphatic heterocycles. The van der Waals surface area contributed by atoms with E-state index in [9.17, 15) is 0 Å². The number of halogens is 1. The number of hydrogen-bond donors (Lipinski definition) is 0. The number of hydrogen-bond acceptors (Lipinski definition) is 4. The number of piperazine rings is 1. The number of aromatic nitrogens is 1. The average molecular weight is 318 g/mol. The summed E-state index contributed by atoms with van der Waals surface area (Å²) in [7, 11) is 0. The van der Waals surface area contributed by atoms with Gasteiger partial charge in [0.25, 0.3) is 0 Å². The van der Waals surface area contributed by atoms with Gasteiger partial charge >= 0.3 is 0 Å². The van der Waals surface area contributed by atoms with Crippen LogP contribution in [0, 0.1) is 0 Å². The highest BCUT2D eigenvalue weighted by molar-refractivity contribution is 6.33. The standard InChI is InChI=1S/C17H20ClN3O/c18-15-3-1-2-4-16(15)21-9-7-20(8-10-21)12-14-11-17(22-19-14)13-5-6-13/h1-4,11,13H,5-10,12H2. The molecule has 0 N–H and O–H groups in total. The summed E-state index contributed by atoms with van der Waals surface area (Å²) in [4.78, 5) is 4.79. The molecule has 2 heterocycles. The van der Waals surface area contributed by atoms with E-state index in [0.29, 0.717) is 5.92 Å². The maximum absolute atomic E-state index is 6.28. The van der Waals surface area contributed by atoms with Crippen LogP contribution >= 0.6 is 11.6 Å². The molecule has 1 aliphatic carbocycles. The van der Waals surface area contributed by atoms with Crippen LogP contribution in [0.2, 0.25) is 5.02 Å². The zero-order valence-corrected chi connectivity index (χ0v) is 13.3. The van der Waals surface area contributed by atoms with E-state index >= 15 is 0 Å². The normalized spacial score (nSPS) is 19.6. The number of anilines is 1. The van der Waals surface area contributed by atoms with Gasteiger partial charge in [-0.1, -0.05) is 28.9 Å². The summed E-state index contributed by atoms with van der Waals surface area (Å²) in [5.74, 6) is 1.71. The molecule has 1 aromatic heterocycles. The maximum Gasteiger partial charge on any atom is 0.140 e. The minimum absolute atomic E-state index is 0.637. The summed E-state index contributed by atoms with van der Waals surface area (Å²) in [5, 5.41) is 5.05. The van der Waals surface area contributed by atoms with Gasteiger partial charge in [-0.2, -0.15) is 0 Å². The monoisotopic (exact) mass is 317 g/mol. The Labute approximate surface area is 135 Å². The molecule has 0 atom stereocenters. The van der Waals surface area contributed by atoms with Crippen LogP contribution in [0.25, 0.3) is 0 Å². The number of rotatable bonds is 4. The SMILES string of the molecule is Clc1ccccc1N1CCN(Cc2cc(C3CC3)on2)CC1. The van der Waals surface area contributed by atoms with Gasteiger partial charge in [0, 0.05) is 44.7 Å². The lowest BCUT2D eigenvalue weighted by atomic mass is 10.2. The minimum Gasteiger partial charge on any atom is -0.368 e. The van der Waals surface area contributed by atoms with Crippen LogP contribution < -0.4 is 4.90 Å². The summed E-state index contributed by atoms with van der Waals surface area (Å²) in [5.41, 5.74) is 2.20. The van der Waals surface area contributed by atoms with Gasteiger partial charge in [0.1, 0.15) is 5.76 Å². The van der Waals surface area contributed by atoms with Gasteiger partial charge in [-0.3, -0.25) is 4.90 Å². The smallest absolute Gasteiger partial charge is 0.140 e. The summed E-state index contributed by atoms with van der Waals surface area (Å²) in [6.45, 7) is 4.93. The lowest BCUT2D eigenvalue weighted by Gasteiger charge is -2.36. The fourth-order valence-corrected chi connectivity index (χ4v) is 3.30. The van der Waals surface area contributed by atoms with Crippen LogP contribution in [0.4, 0.5) is 5.69 Å². The van der Waals surface area contributed by atoms with E-state index < -0.39 is 0 Å². The van der Waals surface area contributed by atoms with E-state index in [0.717, 1.165) is 54.9 Å². The molecule has 2 aromatic rings. The lowest BCUT2D eigenvalue weighted by Crippen LogP contribution is -2.46. The predicted octanol–water partition coefficient (Wildman–Crippen LogP) is 3.53. The molecule has 0 radical (unpaired) electrons. The second-order valence-electron chi connectivity index (χ2n) is 6.21. The van der Waals surface area contributed by atoms with Crippen LogP contribution in [0.5, 0.6) is 0 Å². The summed E-state index contributed by atoms with van der Waals surface area (Å²) in [6, 6.07) is 10.2. The molecule has 1 saturated carbocycles. The molecule has 1 saturated heterocycles. The van der Waals surface area contributed by atoms with Gasteiger partial charge in [0.15, 0.2) is 0 Å². The molecule has 116 valence electrons.